The van der Waals surface area contributed by atoms with Crippen LogP contribution in [0.5, 0.6) is 0 Å². The fourth-order valence-electron chi connectivity index (χ4n) is 5.69. The SMILES string of the molecule is CCCCON1C(=O)[C@@H]2[C@H]3O[C@@H]([C@@H]2C1=O)[C@@H]1[C@@H]3[C@@]2(Cl)C[C@@]1(Cl)C(Cl)=C2Cl. The first-order chi connectivity index (χ1) is 12.3. The number of fused-ring (bicyclic) bond motifs is 12. The van der Waals surface area contributed by atoms with E-state index in [0.29, 0.717) is 23.1 Å². The number of rotatable bonds is 4. The molecule has 142 valence electrons. The summed E-state index contributed by atoms with van der Waals surface area (Å²) in [7, 11) is 0. The summed E-state index contributed by atoms with van der Waals surface area (Å²) in [6, 6.07) is 0. The van der Waals surface area contributed by atoms with Crippen LogP contribution < -0.4 is 0 Å². The zero-order chi connectivity index (χ0) is 18.6. The molecule has 9 heteroatoms. The van der Waals surface area contributed by atoms with Crippen LogP contribution in [0.25, 0.3) is 0 Å². The van der Waals surface area contributed by atoms with Gasteiger partial charge in [-0.3, -0.25) is 14.4 Å². The molecular weight excluding hydrogens is 424 g/mol. The molecule has 0 aromatic heterocycles. The summed E-state index contributed by atoms with van der Waals surface area (Å²) in [6.45, 7) is 2.34. The van der Waals surface area contributed by atoms with E-state index in [2.05, 4.69) is 0 Å². The van der Waals surface area contributed by atoms with Gasteiger partial charge in [0.2, 0.25) is 0 Å². The Kier molecular flexibility index (Phi) is 3.82. The topological polar surface area (TPSA) is 55.8 Å². The number of ether oxygens (including phenoxy) is 1. The van der Waals surface area contributed by atoms with Crippen LogP contribution in [0.1, 0.15) is 26.2 Å². The van der Waals surface area contributed by atoms with Crippen molar-refractivity contribution < 1.29 is 19.2 Å². The number of nitrogens with zero attached hydrogens (tertiary/aromatic N) is 1. The smallest absolute Gasteiger partial charge is 0.260 e. The summed E-state index contributed by atoms with van der Waals surface area (Å²) in [5.74, 6) is -2.35. The number of unbranched alkanes of at least 4 members (excludes halogenated alkanes) is 1. The number of hydrogen-bond donors (Lipinski definition) is 0. The first kappa shape index (κ1) is 18.0. The van der Waals surface area contributed by atoms with Gasteiger partial charge in [-0.1, -0.05) is 36.5 Å². The number of alkyl halides is 2. The first-order valence-corrected chi connectivity index (χ1v) is 10.4. The third-order valence-electron chi connectivity index (χ3n) is 6.69. The van der Waals surface area contributed by atoms with Crippen molar-refractivity contribution in [2.45, 2.75) is 48.1 Å². The number of carbonyl (C=O) groups is 2. The van der Waals surface area contributed by atoms with E-state index in [0.717, 1.165) is 17.9 Å². The van der Waals surface area contributed by atoms with Crippen LogP contribution in [-0.4, -0.2) is 45.4 Å². The molecule has 5 rings (SSSR count). The third-order valence-corrected chi connectivity index (χ3v) is 9.18. The van der Waals surface area contributed by atoms with E-state index in [-0.39, 0.29) is 23.7 Å². The van der Waals surface area contributed by atoms with Crippen molar-refractivity contribution in [1.82, 2.24) is 5.06 Å². The highest BCUT2D eigenvalue weighted by Crippen LogP contribution is 2.75. The minimum atomic E-state index is -0.935. The molecule has 0 N–H and O–H groups in total. The van der Waals surface area contributed by atoms with Gasteiger partial charge >= 0.3 is 0 Å². The van der Waals surface area contributed by atoms with Crippen LogP contribution in [0, 0.1) is 23.7 Å². The van der Waals surface area contributed by atoms with Gasteiger partial charge in [0.15, 0.2) is 0 Å². The normalized spacial score (nSPS) is 51.0. The summed E-state index contributed by atoms with van der Waals surface area (Å²) in [5.41, 5.74) is 0. The van der Waals surface area contributed by atoms with Gasteiger partial charge < -0.3 is 4.74 Å². The van der Waals surface area contributed by atoms with Crippen molar-refractivity contribution in [3.8, 4) is 0 Å². The average Bonchev–Trinajstić information content (AvgIpc) is 3.32. The highest BCUT2D eigenvalue weighted by atomic mass is 35.5. The van der Waals surface area contributed by atoms with Crippen molar-refractivity contribution in [3.05, 3.63) is 10.1 Å². The molecule has 3 saturated heterocycles. The molecule has 5 aliphatic rings. The Bertz CT molecular complexity index is 705. The Morgan fingerprint density at radius 3 is 2.04 bits per heavy atom. The van der Waals surface area contributed by atoms with E-state index in [1.54, 1.807) is 0 Å². The molecule has 4 fully saturated rings. The summed E-state index contributed by atoms with van der Waals surface area (Å²) < 4.78 is 6.09. The molecule has 4 bridgehead atoms. The zero-order valence-corrected chi connectivity index (χ0v) is 16.9. The second-order valence-electron chi connectivity index (χ2n) is 7.86. The third kappa shape index (κ3) is 1.84. The maximum atomic E-state index is 12.9. The average molecular weight is 441 g/mol. The lowest BCUT2D eigenvalue weighted by atomic mass is 9.65. The van der Waals surface area contributed by atoms with Crippen LogP contribution >= 0.6 is 46.4 Å². The molecule has 0 unspecified atom stereocenters. The van der Waals surface area contributed by atoms with E-state index in [9.17, 15) is 9.59 Å². The van der Waals surface area contributed by atoms with Crippen molar-refractivity contribution >= 4 is 58.2 Å². The van der Waals surface area contributed by atoms with Crippen LogP contribution in [0.4, 0.5) is 0 Å². The highest BCUT2D eigenvalue weighted by Gasteiger charge is 2.82. The summed E-state index contributed by atoms with van der Waals surface area (Å²) in [5, 5.41) is 1.62. The molecule has 0 aromatic rings. The zero-order valence-electron chi connectivity index (χ0n) is 13.9. The lowest BCUT2D eigenvalue weighted by molar-refractivity contribution is -0.192. The van der Waals surface area contributed by atoms with Gasteiger partial charge in [-0.15, -0.1) is 23.2 Å². The van der Waals surface area contributed by atoms with Crippen LogP contribution in [0.3, 0.4) is 0 Å². The maximum absolute atomic E-state index is 12.9. The van der Waals surface area contributed by atoms with E-state index in [4.69, 9.17) is 56.0 Å². The van der Waals surface area contributed by atoms with E-state index in [1.165, 1.54) is 0 Å². The van der Waals surface area contributed by atoms with Crippen molar-refractivity contribution in [3.63, 3.8) is 0 Å². The van der Waals surface area contributed by atoms with Gasteiger partial charge in [-0.2, -0.15) is 5.06 Å². The van der Waals surface area contributed by atoms with Gasteiger partial charge in [0.05, 0.1) is 50.5 Å². The fraction of sp³-hybridized carbons (Fsp3) is 0.765. The van der Waals surface area contributed by atoms with Gasteiger partial charge in [-0.05, 0) is 12.8 Å². The first-order valence-electron chi connectivity index (χ1n) is 8.87. The summed E-state index contributed by atoms with van der Waals surface area (Å²) >= 11 is 26.5. The molecule has 0 aromatic carbocycles. The number of carbonyl (C=O) groups excluding carboxylic acids is 2. The molecule has 3 aliphatic heterocycles. The highest BCUT2D eigenvalue weighted by molar-refractivity contribution is 6.51. The van der Waals surface area contributed by atoms with Crippen LogP contribution in [0.2, 0.25) is 0 Å². The van der Waals surface area contributed by atoms with Gasteiger partial charge in [0, 0.05) is 11.8 Å². The minimum Gasteiger partial charge on any atom is -0.373 e. The molecule has 0 spiro atoms. The number of amides is 2. The predicted molar refractivity (Wildman–Crippen MR) is 95.9 cm³/mol. The number of halogens is 4. The quantitative estimate of drug-likeness (QED) is 0.382. The van der Waals surface area contributed by atoms with Crippen LogP contribution in [0.15, 0.2) is 10.1 Å². The Hall–Kier alpha value is -0.0400. The summed E-state index contributed by atoms with van der Waals surface area (Å²) in [6.07, 6.45) is 1.08. The van der Waals surface area contributed by atoms with Crippen molar-refractivity contribution in [2.24, 2.45) is 23.7 Å². The molecule has 2 amide bonds. The maximum Gasteiger partial charge on any atom is 0.260 e. The monoisotopic (exact) mass is 439 g/mol. The molecule has 5 nitrogen and oxygen atoms in total. The minimum absolute atomic E-state index is 0.241. The fourth-order valence-corrected chi connectivity index (χ4v) is 7.71. The molecule has 26 heavy (non-hydrogen) atoms. The second-order valence-corrected chi connectivity index (χ2v) is 9.96. The molecular formula is C17H17Cl4NO4. The van der Waals surface area contributed by atoms with Gasteiger partial charge in [-0.25, -0.2) is 0 Å². The molecule has 1 saturated carbocycles. The molecule has 2 aliphatic carbocycles. The lowest BCUT2D eigenvalue weighted by Crippen LogP contribution is -2.50. The number of allylic oxidation sites excluding steroid dienone is 2. The van der Waals surface area contributed by atoms with E-state index >= 15 is 0 Å². The second kappa shape index (κ2) is 5.52. The van der Waals surface area contributed by atoms with Crippen molar-refractivity contribution in [1.29, 1.82) is 0 Å². The summed E-state index contributed by atoms with van der Waals surface area (Å²) in [4.78, 5) is 29.3. The predicted octanol–water partition coefficient (Wildman–Crippen LogP) is 3.39. The molecule has 8 atom stereocenters. The van der Waals surface area contributed by atoms with Crippen LogP contribution in [-0.2, 0) is 19.2 Å². The molecule has 0 radical (unpaired) electrons. The number of hydrogen-bond acceptors (Lipinski definition) is 4. The Labute approximate surface area is 170 Å². The Morgan fingerprint density at radius 2 is 1.58 bits per heavy atom. The van der Waals surface area contributed by atoms with E-state index < -0.39 is 33.8 Å². The van der Waals surface area contributed by atoms with Gasteiger partial charge in [0.25, 0.3) is 11.8 Å². The molecule has 3 heterocycles. The Morgan fingerprint density at radius 1 is 1.08 bits per heavy atom. The lowest BCUT2D eigenvalue weighted by Gasteiger charge is -2.40. The largest absolute Gasteiger partial charge is 0.373 e. The number of hydroxylamine groups is 2. The number of imide groups is 1. The van der Waals surface area contributed by atoms with Crippen molar-refractivity contribution in [2.75, 3.05) is 6.61 Å². The van der Waals surface area contributed by atoms with Gasteiger partial charge in [0.1, 0.15) is 0 Å². The standard InChI is InChI=1S/C17H17Cl4NO4/c1-2-3-4-25-22-14(23)6-7(15(22)24)11-9-8(10(6)26-11)16(20)5-17(9,21)13(19)12(16)18/h6-11H,2-5H2,1H3/t6-,7+,8-,9-,10+,11-,16-,17-/m0/s1. The van der Waals surface area contributed by atoms with E-state index in [1.807, 2.05) is 6.92 Å². The Balaban J connectivity index is 1.50.